The van der Waals surface area contributed by atoms with Gasteiger partial charge in [-0.3, -0.25) is 0 Å². The summed E-state index contributed by atoms with van der Waals surface area (Å²) in [6, 6.07) is 11.8. The second-order valence-electron chi connectivity index (χ2n) is 5.14. The van der Waals surface area contributed by atoms with E-state index in [4.69, 9.17) is 10.00 Å². The van der Waals surface area contributed by atoms with E-state index < -0.39 is 11.7 Å². The van der Waals surface area contributed by atoms with Gasteiger partial charge in [0.15, 0.2) is 5.69 Å². The summed E-state index contributed by atoms with van der Waals surface area (Å²) in [5, 5.41) is 19.0. The van der Waals surface area contributed by atoms with Crippen molar-refractivity contribution in [3.63, 3.8) is 0 Å². The highest BCUT2D eigenvalue weighted by atomic mass is 19.4. The Morgan fingerprint density at radius 2 is 1.92 bits per heavy atom. The average molecular weight is 344 g/mol. The molecular formula is C17H11F3N4O. The molecule has 0 saturated carbocycles. The monoisotopic (exact) mass is 344 g/mol. The molecule has 0 aliphatic rings. The van der Waals surface area contributed by atoms with Crippen molar-refractivity contribution in [2.75, 3.05) is 7.11 Å². The molecule has 1 heterocycles. The zero-order valence-corrected chi connectivity index (χ0v) is 12.9. The Kier molecular flexibility index (Phi) is 4.15. The smallest absolute Gasteiger partial charge is 0.416 e. The van der Waals surface area contributed by atoms with E-state index in [0.717, 1.165) is 12.1 Å². The van der Waals surface area contributed by atoms with Gasteiger partial charge in [0.25, 0.3) is 0 Å². The first-order chi connectivity index (χ1) is 11.9. The maximum Gasteiger partial charge on any atom is 0.416 e. The van der Waals surface area contributed by atoms with Crippen LogP contribution in [0, 0.1) is 11.3 Å². The number of ether oxygens (including phenoxy) is 1. The molecule has 0 atom stereocenters. The van der Waals surface area contributed by atoms with Gasteiger partial charge in [0.2, 0.25) is 0 Å². The maximum absolute atomic E-state index is 13.0. The van der Waals surface area contributed by atoms with Crippen molar-refractivity contribution in [3.8, 4) is 34.2 Å². The Morgan fingerprint density at radius 1 is 1.12 bits per heavy atom. The summed E-state index contributed by atoms with van der Waals surface area (Å²) in [6.07, 6.45) is -4.44. The zero-order chi connectivity index (χ0) is 18.0. The molecule has 25 heavy (non-hydrogen) atoms. The topological polar surface area (TPSA) is 74.6 Å². The van der Waals surface area contributed by atoms with E-state index in [9.17, 15) is 13.2 Å². The van der Waals surface area contributed by atoms with Crippen LogP contribution in [-0.4, -0.2) is 22.5 Å². The van der Waals surface area contributed by atoms with Crippen molar-refractivity contribution in [3.05, 3.63) is 53.7 Å². The van der Waals surface area contributed by atoms with E-state index >= 15 is 0 Å². The fourth-order valence-corrected chi connectivity index (χ4v) is 2.45. The number of nitriles is 1. The minimum absolute atomic E-state index is 0.167. The summed E-state index contributed by atoms with van der Waals surface area (Å²) < 4.78 is 44.2. The predicted octanol–water partition coefficient (Wildman–Crippen LogP) is 4.04. The summed E-state index contributed by atoms with van der Waals surface area (Å²) in [5.41, 5.74) is 1.07. The number of benzene rings is 2. The molecule has 0 amide bonds. The van der Waals surface area contributed by atoms with Crippen LogP contribution in [0.2, 0.25) is 0 Å². The molecule has 5 nitrogen and oxygen atoms in total. The minimum Gasteiger partial charge on any atom is -0.496 e. The van der Waals surface area contributed by atoms with Gasteiger partial charge in [0, 0.05) is 11.1 Å². The molecule has 1 N–H and O–H groups in total. The van der Waals surface area contributed by atoms with Gasteiger partial charge in [-0.25, -0.2) is 5.10 Å². The number of hydrogen-bond acceptors (Lipinski definition) is 4. The first-order valence-corrected chi connectivity index (χ1v) is 7.11. The van der Waals surface area contributed by atoms with Gasteiger partial charge in [-0.15, -0.1) is 5.10 Å². The number of H-pyrrole nitrogens is 1. The third-order valence-electron chi connectivity index (χ3n) is 3.63. The van der Waals surface area contributed by atoms with Gasteiger partial charge in [-0.05, 0) is 35.9 Å². The zero-order valence-electron chi connectivity index (χ0n) is 12.9. The van der Waals surface area contributed by atoms with Gasteiger partial charge in [0.1, 0.15) is 17.5 Å². The predicted molar refractivity (Wildman–Crippen MR) is 83.5 cm³/mol. The molecule has 0 saturated heterocycles. The van der Waals surface area contributed by atoms with Gasteiger partial charge < -0.3 is 4.74 Å². The Morgan fingerprint density at radius 3 is 2.60 bits per heavy atom. The molecular weight excluding hydrogens is 333 g/mol. The number of methoxy groups -OCH3 is 1. The van der Waals surface area contributed by atoms with Crippen molar-refractivity contribution in [1.29, 1.82) is 5.26 Å². The summed E-state index contributed by atoms with van der Waals surface area (Å²) in [5.74, 6) is 0.407. The fourth-order valence-electron chi connectivity index (χ4n) is 2.45. The van der Waals surface area contributed by atoms with Crippen molar-refractivity contribution in [2.45, 2.75) is 6.18 Å². The SMILES string of the molecule is COc1ccc(-c2nn[nH]c2C#N)cc1-c1cccc(C(F)(F)F)c1. The number of aromatic amines is 1. The average Bonchev–Trinajstić information content (AvgIpc) is 3.09. The van der Waals surface area contributed by atoms with Crippen LogP contribution in [0.15, 0.2) is 42.5 Å². The lowest BCUT2D eigenvalue weighted by Gasteiger charge is -2.13. The van der Waals surface area contributed by atoms with E-state index in [0.29, 0.717) is 28.1 Å². The van der Waals surface area contributed by atoms with Crippen LogP contribution in [0.5, 0.6) is 5.75 Å². The first kappa shape index (κ1) is 16.5. The van der Waals surface area contributed by atoms with Gasteiger partial charge in [-0.2, -0.15) is 18.4 Å². The number of nitrogens with zero attached hydrogens (tertiary/aromatic N) is 3. The molecule has 3 rings (SSSR count). The Labute approximate surface area is 140 Å². The number of aromatic nitrogens is 3. The van der Waals surface area contributed by atoms with Crippen molar-refractivity contribution in [1.82, 2.24) is 15.4 Å². The van der Waals surface area contributed by atoms with Crippen LogP contribution in [0.3, 0.4) is 0 Å². The van der Waals surface area contributed by atoms with E-state index in [-0.39, 0.29) is 5.69 Å². The van der Waals surface area contributed by atoms with Crippen LogP contribution in [0.1, 0.15) is 11.3 Å². The summed E-state index contributed by atoms with van der Waals surface area (Å²) in [7, 11) is 1.43. The molecule has 3 aromatic rings. The normalized spacial score (nSPS) is 11.2. The van der Waals surface area contributed by atoms with Crippen LogP contribution in [-0.2, 0) is 6.18 Å². The number of rotatable bonds is 3. The Bertz CT molecular complexity index is 957. The molecule has 0 spiro atoms. The molecule has 0 aliphatic carbocycles. The standard InChI is InChI=1S/C17H11F3N4O/c1-25-15-6-5-11(16-14(9-21)22-24-23-16)8-13(15)10-3-2-4-12(7-10)17(18,19)20/h2-8H,1H3,(H,22,23,24). The van der Waals surface area contributed by atoms with E-state index in [1.54, 1.807) is 24.3 Å². The lowest BCUT2D eigenvalue weighted by atomic mass is 9.98. The summed E-state index contributed by atoms with van der Waals surface area (Å²) in [6.45, 7) is 0. The molecule has 0 aliphatic heterocycles. The Hall–Kier alpha value is -3.34. The second kappa shape index (κ2) is 6.28. The molecule has 0 unspecified atom stereocenters. The number of nitrogens with one attached hydrogen (secondary N) is 1. The molecule has 2 aromatic carbocycles. The quantitative estimate of drug-likeness (QED) is 0.778. The molecule has 0 bridgehead atoms. The van der Waals surface area contributed by atoms with E-state index in [1.165, 1.54) is 13.2 Å². The second-order valence-corrected chi connectivity index (χ2v) is 5.14. The van der Waals surface area contributed by atoms with E-state index in [2.05, 4.69) is 15.4 Å². The minimum atomic E-state index is -4.44. The molecule has 126 valence electrons. The number of hydrogen-bond donors (Lipinski definition) is 1. The highest BCUT2D eigenvalue weighted by Gasteiger charge is 2.30. The highest BCUT2D eigenvalue weighted by Crippen LogP contribution is 2.37. The first-order valence-electron chi connectivity index (χ1n) is 7.11. The Balaban J connectivity index is 2.16. The van der Waals surface area contributed by atoms with Crippen LogP contribution >= 0.6 is 0 Å². The maximum atomic E-state index is 13.0. The highest BCUT2D eigenvalue weighted by molar-refractivity contribution is 5.78. The van der Waals surface area contributed by atoms with E-state index in [1.807, 2.05) is 6.07 Å². The lowest BCUT2D eigenvalue weighted by Crippen LogP contribution is -2.04. The van der Waals surface area contributed by atoms with Gasteiger partial charge >= 0.3 is 6.18 Å². The molecule has 0 radical (unpaired) electrons. The van der Waals surface area contributed by atoms with Gasteiger partial charge in [0.05, 0.1) is 12.7 Å². The molecule has 1 aromatic heterocycles. The third kappa shape index (κ3) is 3.17. The summed E-state index contributed by atoms with van der Waals surface area (Å²) >= 11 is 0. The number of alkyl halides is 3. The van der Waals surface area contributed by atoms with Crippen LogP contribution < -0.4 is 4.74 Å². The fraction of sp³-hybridized carbons (Fsp3) is 0.118. The van der Waals surface area contributed by atoms with Gasteiger partial charge in [-0.1, -0.05) is 17.3 Å². The van der Waals surface area contributed by atoms with Crippen molar-refractivity contribution >= 4 is 0 Å². The molecule has 0 fully saturated rings. The largest absolute Gasteiger partial charge is 0.496 e. The van der Waals surface area contributed by atoms with Crippen LogP contribution in [0.4, 0.5) is 13.2 Å². The summed E-state index contributed by atoms with van der Waals surface area (Å²) in [4.78, 5) is 0. The van der Waals surface area contributed by atoms with Crippen molar-refractivity contribution < 1.29 is 17.9 Å². The lowest BCUT2D eigenvalue weighted by molar-refractivity contribution is -0.137. The third-order valence-corrected chi connectivity index (χ3v) is 3.63. The van der Waals surface area contributed by atoms with Crippen LogP contribution in [0.25, 0.3) is 22.4 Å². The molecule has 8 heteroatoms. The number of halogens is 3. The van der Waals surface area contributed by atoms with Crippen molar-refractivity contribution in [2.24, 2.45) is 0 Å².